The maximum absolute atomic E-state index is 3.53. The normalized spacial score (nSPS) is 14.8. The van der Waals surface area contributed by atoms with Gasteiger partial charge in [-0.1, -0.05) is 48.3 Å². The molecule has 90 valence electrons. The van der Waals surface area contributed by atoms with Gasteiger partial charge in [0, 0.05) is 4.47 Å². The molecule has 0 aromatic heterocycles. The SMILES string of the molecule is CCC(C)C(CNC)Cc1cccc(Br)c1. The van der Waals surface area contributed by atoms with Crippen molar-refractivity contribution in [3.05, 3.63) is 34.3 Å². The van der Waals surface area contributed by atoms with Crippen molar-refractivity contribution in [2.45, 2.75) is 26.7 Å². The van der Waals surface area contributed by atoms with Gasteiger partial charge in [-0.2, -0.15) is 0 Å². The molecule has 1 aromatic rings. The molecule has 2 atom stereocenters. The van der Waals surface area contributed by atoms with E-state index in [0.29, 0.717) is 0 Å². The van der Waals surface area contributed by atoms with Crippen LogP contribution in [0.25, 0.3) is 0 Å². The van der Waals surface area contributed by atoms with Gasteiger partial charge in [-0.3, -0.25) is 0 Å². The Hall–Kier alpha value is -0.340. The van der Waals surface area contributed by atoms with Crippen molar-refractivity contribution >= 4 is 15.9 Å². The van der Waals surface area contributed by atoms with Crippen LogP contribution in [0, 0.1) is 11.8 Å². The quantitative estimate of drug-likeness (QED) is 0.836. The topological polar surface area (TPSA) is 12.0 Å². The lowest BCUT2D eigenvalue weighted by Gasteiger charge is -2.22. The van der Waals surface area contributed by atoms with E-state index >= 15 is 0 Å². The summed E-state index contributed by atoms with van der Waals surface area (Å²) in [5, 5.41) is 3.31. The summed E-state index contributed by atoms with van der Waals surface area (Å²) in [4.78, 5) is 0. The molecule has 2 unspecified atom stereocenters. The van der Waals surface area contributed by atoms with Crippen molar-refractivity contribution < 1.29 is 0 Å². The van der Waals surface area contributed by atoms with Crippen LogP contribution in [0.2, 0.25) is 0 Å². The Bertz CT molecular complexity index is 311. The summed E-state index contributed by atoms with van der Waals surface area (Å²) < 4.78 is 1.18. The number of rotatable bonds is 6. The molecule has 1 rings (SSSR count). The molecule has 1 nitrogen and oxygen atoms in total. The van der Waals surface area contributed by atoms with E-state index in [1.165, 1.54) is 16.5 Å². The molecule has 0 aliphatic heterocycles. The van der Waals surface area contributed by atoms with Gasteiger partial charge < -0.3 is 5.32 Å². The first-order valence-corrected chi connectivity index (χ1v) is 6.85. The average molecular weight is 284 g/mol. The van der Waals surface area contributed by atoms with Crippen molar-refractivity contribution in [2.24, 2.45) is 11.8 Å². The average Bonchev–Trinajstić information content (AvgIpc) is 2.27. The van der Waals surface area contributed by atoms with Gasteiger partial charge in [-0.15, -0.1) is 0 Å². The second kappa shape index (κ2) is 7.08. The minimum Gasteiger partial charge on any atom is -0.319 e. The highest BCUT2D eigenvalue weighted by atomic mass is 79.9. The zero-order chi connectivity index (χ0) is 12.0. The van der Waals surface area contributed by atoms with E-state index in [-0.39, 0.29) is 0 Å². The predicted octanol–water partition coefficient (Wildman–Crippen LogP) is 3.87. The molecule has 0 heterocycles. The van der Waals surface area contributed by atoms with Crippen molar-refractivity contribution in [3.8, 4) is 0 Å². The van der Waals surface area contributed by atoms with Crippen molar-refractivity contribution in [3.63, 3.8) is 0 Å². The van der Waals surface area contributed by atoms with Crippen LogP contribution in [0.15, 0.2) is 28.7 Å². The number of halogens is 1. The minimum atomic E-state index is 0.726. The van der Waals surface area contributed by atoms with Gasteiger partial charge in [-0.05, 0) is 49.5 Å². The lowest BCUT2D eigenvalue weighted by molar-refractivity contribution is 0.337. The van der Waals surface area contributed by atoms with Crippen LogP contribution in [-0.4, -0.2) is 13.6 Å². The zero-order valence-electron chi connectivity index (χ0n) is 10.5. The predicted molar refractivity (Wildman–Crippen MR) is 74.7 cm³/mol. The molecule has 1 N–H and O–H groups in total. The third-order valence-corrected chi connectivity index (χ3v) is 3.80. The Morgan fingerprint density at radius 1 is 1.38 bits per heavy atom. The van der Waals surface area contributed by atoms with E-state index in [2.05, 4.69) is 59.4 Å². The zero-order valence-corrected chi connectivity index (χ0v) is 12.0. The Balaban J connectivity index is 2.67. The smallest absolute Gasteiger partial charge is 0.0177 e. The summed E-state index contributed by atoms with van der Waals surface area (Å²) in [6, 6.07) is 8.65. The molecular weight excluding hydrogens is 262 g/mol. The maximum Gasteiger partial charge on any atom is 0.0177 e. The monoisotopic (exact) mass is 283 g/mol. The molecule has 0 fully saturated rings. The first kappa shape index (κ1) is 13.7. The van der Waals surface area contributed by atoms with Crippen molar-refractivity contribution in [1.82, 2.24) is 5.32 Å². The first-order valence-electron chi connectivity index (χ1n) is 6.06. The van der Waals surface area contributed by atoms with E-state index in [4.69, 9.17) is 0 Å². The largest absolute Gasteiger partial charge is 0.319 e. The lowest BCUT2D eigenvalue weighted by Crippen LogP contribution is -2.26. The van der Waals surface area contributed by atoms with Gasteiger partial charge in [0.2, 0.25) is 0 Å². The molecule has 0 aliphatic carbocycles. The molecule has 0 aliphatic rings. The van der Waals surface area contributed by atoms with E-state index in [0.717, 1.165) is 24.8 Å². The number of hydrogen-bond donors (Lipinski definition) is 1. The lowest BCUT2D eigenvalue weighted by atomic mass is 9.86. The van der Waals surface area contributed by atoms with Crippen LogP contribution in [0.3, 0.4) is 0 Å². The molecule has 2 heteroatoms. The summed E-state index contributed by atoms with van der Waals surface area (Å²) in [6.45, 7) is 5.72. The summed E-state index contributed by atoms with van der Waals surface area (Å²) in [5.74, 6) is 1.50. The molecule has 0 saturated carbocycles. The molecule has 0 saturated heterocycles. The van der Waals surface area contributed by atoms with E-state index in [9.17, 15) is 0 Å². The van der Waals surface area contributed by atoms with Gasteiger partial charge in [0.1, 0.15) is 0 Å². The van der Waals surface area contributed by atoms with E-state index in [1.54, 1.807) is 0 Å². The fourth-order valence-corrected chi connectivity index (χ4v) is 2.48. The molecular formula is C14H22BrN. The Labute approximate surface area is 108 Å². The minimum absolute atomic E-state index is 0.726. The second-order valence-electron chi connectivity index (χ2n) is 4.54. The van der Waals surface area contributed by atoms with Gasteiger partial charge in [0.25, 0.3) is 0 Å². The number of hydrogen-bond acceptors (Lipinski definition) is 1. The van der Waals surface area contributed by atoms with Crippen LogP contribution in [0.5, 0.6) is 0 Å². The fraction of sp³-hybridized carbons (Fsp3) is 0.571. The van der Waals surface area contributed by atoms with Crippen molar-refractivity contribution in [2.75, 3.05) is 13.6 Å². The molecule has 16 heavy (non-hydrogen) atoms. The van der Waals surface area contributed by atoms with Crippen LogP contribution in [0.4, 0.5) is 0 Å². The van der Waals surface area contributed by atoms with E-state index < -0.39 is 0 Å². The van der Waals surface area contributed by atoms with E-state index in [1.807, 2.05) is 7.05 Å². The van der Waals surface area contributed by atoms with Gasteiger partial charge >= 0.3 is 0 Å². The third-order valence-electron chi connectivity index (χ3n) is 3.30. The number of benzene rings is 1. The first-order chi connectivity index (χ1) is 7.67. The highest BCUT2D eigenvalue weighted by Crippen LogP contribution is 2.21. The van der Waals surface area contributed by atoms with Crippen molar-refractivity contribution in [1.29, 1.82) is 0 Å². The highest BCUT2D eigenvalue weighted by Gasteiger charge is 2.15. The molecule has 1 aromatic carbocycles. The maximum atomic E-state index is 3.53. The third kappa shape index (κ3) is 4.26. The second-order valence-corrected chi connectivity index (χ2v) is 5.45. The fourth-order valence-electron chi connectivity index (χ4n) is 2.04. The van der Waals surface area contributed by atoms with Crippen LogP contribution < -0.4 is 5.32 Å². The van der Waals surface area contributed by atoms with Crippen LogP contribution >= 0.6 is 15.9 Å². The molecule has 0 radical (unpaired) electrons. The highest BCUT2D eigenvalue weighted by molar-refractivity contribution is 9.10. The summed E-state index contributed by atoms with van der Waals surface area (Å²) in [7, 11) is 2.04. The molecule has 0 bridgehead atoms. The molecule has 0 amide bonds. The van der Waals surface area contributed by atoms with Gasteiger partial charge in [-0.25, -0.2) is 0 Å². The van der Waals surface area contributed by atoms with Crippen LogP contribution in [-0.2, 0) is 6.42 Å². The Kier molecular flexibility index (Phi) is 6.07. The number of nitrogens with one attached hydrogen (secondary N) is 1. The van der Waals surface area contributed by atoms with Gasteiger partial charge in [0.15, 0.2) is 0 Å². The summed E-state index contributed by atoms with van der Waals surface area (Å²) in [6.07, 6.45) is 2.41. The van der Waals surface area contributed by atoms with Gasteiger partial charge in [0.05, 0.1) is 0 Å². The summed E-state index contributed by atoms with van der Waals surface area (Å²) in [5.41, 5.74) is 1.43. The molecule has 0 spiro atoms. The Morgan fingerprint density at radius 2 is 2.12 bits per heavy atom. The Morgan fingerprint density at radius 3 is 2.69 bits per heavy atom. The van der Waals surface area contributed by atoms with Crippen LogP contribution in [0.1, 0.15) is 25.8 Å². The summed E-state index contributed by atoms with van der Waals surface area (Å²) >= 11 is 3.53. The standard InChI is InChI=1S/C14H22BrN/c1-4-11(2)13(10-16-3)8-12-6-5-7-14(15)9-12/h5-7,9,11,13,16H,4,8,10H2,1-3H3.